The van der Waals surface area contributed by atoms with E-state index < -0.39 is 5.97 Å². The summed E-state index contributed by atoms with van der Waals surface area (Å²) in [5.74, 6) is -0.633. The van der Waals surface area contributed by atoms with Gasteiger partial charge in [-0.2, -0.15) is 11.3 Å². The number of carbonyl (C=O) groups is 1. The first kappa shape index (κ1) is 16.0. The Morgan fingerprint density at radius 2 is 2.23 bits per heavy atom. The monoisotopic (exact) mass is 322 g/mol. The highest BCUT2D eigenvalue weighted by Crippen LogP contribution is 2.43. The van der Waals surface area contributed by atoms with Gasteiger partial charge < -0.3 is 5.11 Å². The molecule has 22 heavy (non-hydrogen) atoms. The average molecular weight is 322 g/mol. The molecule has 0 aromatic carbocycles. The van der Waals surface area contributed by atoms with Crippen LogP contribution in [-0.4, -0.2) is 53.1 Å². The fourth-order valence-corrected chi connectivity index (χ4v) is 4.76. The Bertz CT molecular complexity index is 495. The molecule has 0 aliphatic carbocycles. The molecule has 1 spiro atoms. The number of hydrogen-bond donors (Lipinski definition) is 1. The summed E-state index contributed by atoms with van der Waals surface area (Å²) in [6.45, 7) is 7.26. The number of carboxylic acids is 1. The van der Waals surface area contributed by atoms with Gasteiger partial charge in [-0.05, 0) is 73.1 Å². The maximum Gasteiger partial charge on any atom is 0.320 e. The summed E-state index contributed by atoms with van der Waals surface area (Å²) in [6, 6.07) is 1.94. The Labute approximate surface area is 136 Å². The van der Waals surface area contributed by atoms with E-state index in [-0.39, 0.29) is 11.5 Å². The third kappa shape index (κ3) is 3.36. The van der Waals surface area contributed by atoms with Gasteiger partial charge in [0.05, 0.1) is 0 Å². The molecule has 0 bridgehead atoms. The van der Waals surface area contributed by atoms with E-state index in [9.17, 15) is 9.90 Å². The Hall–Kier alpha value is -0.910. The van der Waals surface area contributed by atoms with Gasteiger partial charge in [0.1, 0.15) is 6.04 Å². The lowest BCUT2D eigenvalue weighted by atomic mass is 9.76. The third-order valence-electron chi connectivity index (χ3n) is 5.30. The van der Waals surface area contributed by atoms with Gasteiger partial charge in [-0.15, -0.1) is 0 Å². The molecular weight excluding hydrogens is 296 g/mol. The van der Waals surface area contributed by atoms with Crippen molar-refractivity contribution in [2.75, 3.05) is 26.2 Å². The number of hydrogen-bond acceptors (Lipinski definition) is 4. The number of likely N-dealkylation sites (tertiary alicyclic amines) is 2. The molecule has 2 aliphatic heterocycles. The van der Waals surface area contributed by atoms with Gasteiger partial charge in [0.2, 0.25) is 0 Å². The average Bonchev–Trinajstić information content (AvgIpc) is 3.11. The molecule has 0 radical (unpaired) electrons. The van der Waals surface area contributed by atoms with Crippen molar-refractivity contribution in [2.24, 2.45) is 5.41 Å². The van der Waals surface area contributed by atoms with Gasteiger partial charge in [-0.25, -0.2) is 0 Å². The molecule has 0 unspecified atom stereocenters. The summed E-state index contributed by atoms with van der Waals surface area (Å²) >= 11 is 1.76. The highest BCUT2D eigenvalue weighted by Gasteiger charge is 2.47. The van der Waals surface area contributed by atoms with Crippen LogP contribution in [0.3, 0.4) is 0 Å². The summed E-state index contributed by atoms with van der Waals surface area (Å²) in [4.78, 5) is 16.3. The van der Waals surface area contributed by atoms with Crippen molar-refractivity contribution >= 4 is 17.3 Å². The van der Waals surface area contributed by atoms with Gasteiger partial charge in [-0.3, -0.25) is 14.6 Å². The minimum Gasteiger partial charge on any atom is -0.480 e. The van der Waals surface area contributed by atoms with Crippen molar-refractivity contribution in [3.05, 3.63) is 22.4 Å². The number of piperidine rings is 1. The zero-order valence-corrected chi connectivity index (χ0v) is 14.1. The molecule has 3 heterocycles. The maximum absolute atomic E-state index is 11.5. The Morgan fingerprint density at radius 1 is 1.45 bits per heavy atom. The van der Waals surface area contributed by atoms with Crippen LogP contribution in [0.15, 0.2) is 16.8 Å². The Balaban J connectivity index is 1.58. The highest BCUT2D eigenvalue weighted by molar-refractivity contribution is 7.07. The van der Waals surface area contributed by atoms with E-state index >= 15 is 0 Å². The van der Waals surface area contributed by atoms with E-state index in [1.54, 1.807) is 11.3 Å². The van der Waals surface area contributed by atoms with Gasteiger partial charge in [0, 0.05) is 13.1 Å². The molecule has 1 atom stereocenters. The van der Waals surface area contributed by atoms with Crippen LogP contribution in [0.5, 0.6) is 0 Å². The fraction of sp³-hybridized carbons (Fsp3) is 0.706. The molecule has 1 aromatic rings. The lowest BCUT2D eigenvalue weighted by Gasteiger charge is -2.39. The van der Waals surface area contributed by atoms with Crippen molar-refractivity contribution in [1.29, 1.82) is 0 Å². The predicted octanol–water partition coefficient (Wildman–Crippen LogP) is 2.90. The number of aliphatic carboxylic acids is 1. The molecule has 0 saturated carbocycles. The minimum absolute atomic E-state index is 0.239. The van der Waals surface area contributed by atoms with Gasteiger partial charge in [0.25, 0.3) is 0 Å². The second kappa shape index (κ2) is 6.69. The first-order valence-electron chi connectivity index (χ1n) is 8.32. The zero-order chi connectivity index (χ0) is 15.6. The molecule has 122 valence electrons. The molecule has 3 rings (SSSR count). The zero-order valence-electron chi connectivity index (χ0n) is 13.3. The van der Waals surface area contributed by atoms with Crippen LogP contribution in [0.25, 0.3) is 0 Å². The van der Waals surface area contributed by atoms with E-state index in [2.05, 4.69) is 33.6 Å². The van der Waals surface area contributed by atoms with Crippen LogP contribution >= 0.6 is 11.3 Å². The van der Waals surface area contributed by atoms with Crippen LogP contribution in [0.4, 0.5) is 0 Å². The third-order valence-corrected chi connectivity index (χ3v) is 6.04. The fourth-order valence-electron chi connectivity index (χ4n) is 4.10. The number of thiophene rings is 1. The first-order valence-corrected chi connectivity index (χ1v) is 9.26. The van der Waals surface area contributed by atoms with Crippen molar-refractivity contribution in [1.82, 2.24) is 9.80 Å². The highest BCUT2D eigenvalue weighted by atomic mass is 32.1. The molecule has 4 nitrogen and oxygen atoms in total. The molecule has 2 fully saturated rings. The second-order valence-electron chi connectivity index (χ2n) is 6.94. The minimum atomic E-state index is -0.633. The van der Waals surface area contributed by atoms with Crippen LogP contribution in [0.2, 0.25) is 0 Å². The van der Waals surface area contributed by atoms with Crippen molar-refractivity contribution < 1.29 is 9.90 Å². The van der Waals surface area contributed by atoms with Crippen LogP contribution in [0, 0.1) is 5.41 Å². The van der Waals surface area contributed by atoms with Crippen molar-refractivity contribution in [3.63, 3.8) is 0 Å². The normalized spacial score (nSPS) is 25.8. The van der Waals surface area contributed by atoms with E-state index in [0.29, 0.717) is 0 Å². The van der Waals surface area contributed by atoms with E-state index in [1.165, 1.54) is 5.56 Å². The lowest BCUT2D eigenvalue weighted by molar-refractivity contribution is -0.142. The molecule has 0 amide bonds. The number of rotatable bonds is 5. The summed E-state index contributed by atoms with van der Waals surface area (Å²) < 4.78 is 0. The van der Waals surface area contributed by atoms with E-state index in [4.69, 9.17) is 0 Å². The lowest BCUT2D eigenvalue weighted by Crippen LogP contribution is -2.41. The van der Waals surface area contributed by atoms with Gasteiger partial charge in [0.15, 0.2) is 0 Å². The molecular formula is C17H26N2O2S. The smallest absolute Gasteiger partial charge is 0.320 e. The van der Waals surface area contributed by atoms with E-state index in [1.807, 2.05) is 0 Å². The number of carboxylic acid groups (broad SMARTS) is 1. The molecule has 2 saturated heterocycles. The molecule has 1 N–H and O–H groups in total. The summed E-state index contributed by atoms with van der Waals surface area (Å²) in [5, 5.41) is 13.9. The summed E-state index contributed by atoms with van der Waals surface area (Å²) in [7, 11) is 0. The molecule has 2 aliphatic rings. The van der Waals surface area contributed by atoms with Crippen LogP contribution in [-0.2, 0) is 11.3 Å². The first-order chi connectivity index (χ1) is 10.6. The maximum atomic E-state index is 11.5. The van der Waals surface area contributed by atoms with Gasteiger partial charge in [-0.1, -0.05) is 6.92 Å². The molecule has 5 heteroatoms. The largest absolute Gasteiger partial charge is 0.480 e. The van der Waals surface area contributed by atoms with Crippen molar-refractivity contribution in [2.45, 2.75) is 45.2 Å². The van der Waals surface area contributed by atoms with E-state index in [0.717, 1.165) is 58.4 Å². The number of nitrogens with zero attached hydrogens (tertiary/aromatic N) is 2. The standard InChI is InChI=1S/C17H26N2O2S/c1-2-6-19-13-17(10-15(19)16(20)21)4-7-18(8-5-17)11-14-3-9-22-12-14/h3,9,12,15H,2,4-8,10-11,13H2,1H3,(H,20,21)/t15-/m1/s1. The predicted molar refractivity (Wildman–Crippen MR) is 89.2 cm³/mol. The summed E-state index contributed by atoms with van der Waals surface area (Å²) in [5.41, 5.74) is 1.65. The quantitative estimate of drug-likeness (QED) is 0.905. The van der Waals surface area contributed by atoms with Crippen molar-refractivity contribution in [3.8, 4) is 0 Å². The molecule has 1 aromatic heterocycles. The Morgan fingerprint density at radius 3 is 2.82 bits per heavy atom. The van der Waals surface area contributed by atoms with Gasteiger partial charge >= 0.3 is 5.97 Å². The topological polar surface area (TPSA) is 43.8 Å². The van der Waals surface area contributed by atoms with Crippen LogP contribution < -0.4 is 0 Å². The summed E-state index contributed by atoms with van der Waals surface area (Å²) in [6.07, 6.45) is 4.15. The van der Waals surface area contributed by atoms with Crippen LogP contribution in [0.1, 0.15) is 38.2 Å². The SMILES string of the molecule is CCCN1CC2(CCN(Cc3ccsc3)CC2)C[C@@H]1C(=O)O. The Kier molecular flexibility index (Phi) is 4.85. The second-order valence-corrected chi connectivity index (χ2v) is 7.72.